The first-order valence-corrected chi connectivity index (χ1v) is 5.29. The molecule has 0 bridgehead atoms. The van der Waals surface area contributed by atoms with Gasteiger partial charge in [-0.3, -0.25) is 0 Å². The highest BCUT2D eigenvalue weighted by Gasteiger charge is 2.11. The van der Waals surface area contributed by atoms with Crippen LogP contribution in [-0.4, -0.2) is 18.0 Å². The molecule has 0 fully saturated rings. The Balaban J connectivity index is 3.16. The fraction of sp³-hybridized carbons (Fsp3) is 0.273. The highest BCUT2D eigenvalue weighted by Crippen LogP contribution is 2.31. The molecule has 98 valence electrons. The van der Waals surface area contributed by atoms with Crippen LogP contribution in [0.5, 0.6) is 5.75 Å². The fourth-order valence-corrected chi connectivity index (χ4v) is 1.22. The molecule has 1 rings (SSSR count). The second-order valence-electron chi connectivity index (χ2n) is 3.76. The standard InChI is InChI=1S/C11H16FN5O/c1-6(2)18-9-7(12)4-3-5-8(9)16-11(15)17-10(13)14/h3-6H,1-2H3,(H6,13,14,15,16,17). The Morgan fingerprint density at radius 3 is 2.50 bits per heavy atom. The van der Waals surface area contributed by atoms with E-state index in [1.54, 1.807) is 19.9 Å². The van der Waals surface area contributed by atoms with Crippen molar-refractivity contribution in [2.45, 2.75) is 20.0 Å². The second-order valence-corrected chi connectivity index (χ2v) is 3.76. The van der Waals surface area contributed by atoms with E-state index >= 15 is 0 Å². The van der Waals surface area contributed by atoms with Crippen LogP contribution in [0.3, 0.4) is 0 Å². The molecule has 0 aromatic heterocycles. The largest absolute Gasteiger partial charge is 0.486 e. The van der Waals surface area contributed by atoms with Crippen LogP contribution in [0.15, 0.2) is 28.2 Å². The number of nitrogens with two attached hydrogens (primary N) is 3. The SMILES string of the molecule is CC(C)Oc1c(F)cccc1N=C(N)N=C(N)N. The van der Waals surface area contributed by atoms with Crippen LogP contribution in [-0.2, 0) is 0 Å². The molecule has 0 radical (unpaired) electrons. The van der Waals surface area contributed by atoms with Gasteiger partial charge in [-0.05, 0) is 26.0 Å². The van der Waals surface area contributed by atoms with E-state index in [2.05, 4.69) is 9.98 Å². The third-order valence-corrected chi connectivity index (χ3v) is 1.78. The third kappa shape index (κ3) is 3.93. The van der Waals surface area contributed by atoms with E-state index in [0.717, 1.165) is 0 Å². The minimum absolute atomic E-state index is 0.0150. The van der Waals surface area contributed by atoms with Crippen molar-refractivity contribution in [1.82, 2.24) is 0 Å². The zero-order valence-corrected chi connectivity index (χ0v) is 10.2. The monoisotopic (exact) mass is 253 g/mol. The molecule has 18 heavy (non-hydrogen) atoms. The van der Waals surface area contributed by atoms with Crippen molar-refractivity contribution in [3.63, 3.8) is 0 Å². The topological polar surface area (TPSA) is 112 Å². The first-order chi connectivity index (χ1) is 8.40. The average Bonchev–Trinajstić information content (AvgIpc) is 2.21. The number of para-hydroxylation sites is 1. The Morgan fingerprint density at radius 1 is 1.28 bits per heavy atom. The van der Waals surface area contributed by atoms with Gasteiger partial charge in [0.2, 0.25) is 5.96 Å². The summed E-state index contributed by atoms with van der Waals surface area (Å²) in [5.74, 6) is -0.906. The Kier molecular flexibility index (Phi) is 4.47. The number of aliphatic imine (C=N–C) groups is 2. The lowest BCUT2D eigenvalue weighted by Crippen LogP contribution is -2.26. The van der Waals surface area contributed by atoms with Gasteiger partial charge in [0, 0.05) is 0 Å². The Hall–Kier alpha value is -2.31. The van der Waals surface area contributed by atoms with Crippen LogP contribution < -0.4 is 21.9 Å². The molecule has 0 unspecified atom stereocenters. The summed E-state index contributed by atoms with van der Waals surface area (Å²) < 4.78 is 18.9. The van der Waals surface area contributed by atoms with E-state index in [0.29, 0.717) is 0 Å². The molecule has 0 saturated carbocycles. The molecule has 0 atom stereocenters. The highest BCUT2D eigenvalue weighted by molar-refractivity contribution is 5.93. The molecule has 0 aliphatic rings. The van der Waals surface area contributed by atoms with Crippen molar-refractivity contribution in [2.24, 2.45) is 27.2 Å². The zero-order valence-electron chi connectivity index (χ0n) is 10.2. The molecule has 1 aromatic carbocycles. The quantitative estimate of drug-likeness (QED) is 0.547. The van der Waals surface area contributed by atoms with Gasteiger partial charge in [-0.2, -0.15) is 4.99 Å². The van der Waals surface area contributed by atoms with Crippen LogP contribution >= 0.6 is 0 Å². The normalized spacial score (nSPS) is 11.4. The lowest BCUT2D eigenvalue weighted by Gasteiger charge is -2.12. The van der Waals surface area contributed by atoms with Crippen molar-refractivity contribution >= 4 is 17.6 Å². The van der Waals surface area contributed by atoms with E-state index in [9.17, 15) is 4.39 Å². The molecule has 6 nitrogen and oxygen atoms in total. The summed E-state index contributed by atoms with van der Waals surface area (Å²) in [6, 6.07) is 4.31. The molecule has 6 N–H and O–H groups in total. The molecule has 0 spiro atoms. The lowest BCUT2D eigenvalue weighted by atomic mass is 10.3. The van der Waals surface area contributed by atoms with Crippen molar-refractivity contribution < 1.29 is 9.13 Å². The van der Waals surface area contributed by atoms with Gasteiger partial charge < -0.3 is 21.9 Å². The predicted octanol–water partition coefficient (Wildman–Crippen LogP) is 0.833. The van der Waals surface area contributed by atoms with E-state index in [1.807, 2.05) is 0 Å². The van der Waals surface area contributed by atoms with Gasteiger partial charge in [0.25, 0.3) is 0 Å². The molecule has 0 aliphatic carbocycles. The smallest absolute Gasteiger partial charge is 0.223 e. The number of benzene rings is 1. The van der Waals surface area contributed by atoms with Crippen molar-refractivity contribution in [3.8, 4) is 5.75 Å². The van der Waals surface area contributed by atoms with Crippen LogP contribution in [0.4, 0.5) is 10.1 Å². The van der Waals surface area contributed by atoms with Gasteiger partial charge in [-0.1, -0.05) is 6.07 Å². The minimum atomic E-state index is -0.526. The minimum Gasteiger partial charge on any atom is -0.486 e. The number of guanidine groups is 2. The summed E-state index contributed by atoms with van der Waals surface area (Å²) in [5.41, 5.74) is 16.0. The summed E-state index contributed by atoms with van der Waals surface area (Å²) >= 11 is 0. The first kappa shape index (κ1) is 13.8. The molecule has 0 amide bonds. The number of nitrogens with zero attached hydrogens (tertiary/aromatic N) is 2. The van der Waals surface area contributed by atoms with Crippen LogP contribution in [0.2, 0.25) is 0 Å². The maximum Gasteiger partial charge on any atom is 0.223 e. The van der Waals surface area contributed by atoms with Crippen LogP contribution in [0, 0.1) is 5.82 Å². The van der Waals surface area contributed by atoms with E-state index in [-0.39, 0.29) is 29.5 Å². The van der Waals surface area contributed by atoms with Gasteiger partial charge >= 0.3 is 0 Å². The third-order valence-electron chi connectivity index (χ3n) is 1.78. The Bertz CT molecular complexity index is 480. The molecule has 1 aromatic rings. The lowest BCUT2D eigenvalue weighted by molar-refractivity contribution is 0.232. The maximum atomic E-state index is 13.6. The van der Waals surface area contributed by atoms with Gasteiger partial charge in [-0.15, -0.1) is 0 Å². The molecule has 0 saturated heterocycles. The summed E-state index contributed by atoms with van der Waals surface area (Å²) in [6.07, 6.45) is -0.194. The van der Waals surface area contributed by atoms with Gasteiger partial charge in [0.05, 0.1) is 6.10 Å². The fourth-order valence-electron chi connectivity index (χ4n) is 1.22. The number of ether oxygens (including phenoxy) is 1. The molecule has 7 heteroatoms. The van der Waals surface area contributed by atoms with E-state index in [1.165, 1.54) is 12.1 Å². The highest BCUT2D eigenvalue weighted by atomic mass is 19.1. The van der Waals surface area contributed by atoms with E-state index in [4.69, 9.17) is 21.9 Å². The van der Waals surface area contributed by atoms with E-state index < -0.39 is 5.82 Å². The Labute approximate surface area is 104 Å². The number of hydrogen-bond donors (Lipinski definition) is 3. The van der Waals surface area contributed by atoms with Gasteiger partial charge in [0.1, 0.15) is 5.69 Å². The summed E-state index contributed by atoms with van der Waals surface area (Å²) in [6.45, 7) is 3.55. The second kappa shape index (κ2) is 5.85. The molecule has 0 aliphatic heterocycles. The van der Waals surface area contributed by atoms with Crippen molar-refractivity contribution in [2.75, 3.05) is 0 Å². The molecular formula is C11H16FN5O. The first-order valence-electron chi connectivity index (χ1n) is 5.29. The summed E-state index contributed by atoms with van der Waals surface area (Å²) in [4.78, 5) is 7.44. The number of hydrogen-bond acceptors (Lipinski definition) is 2. The zero-order chi connectivity index (χ0) is 13.7. The van der Waals surface area contributed by atoms with Gasteiger partial charge in [0.15, 0.2) is 17.5 Å². The number of halogens is 1. The summed E-state index contributed by atoms with van der Waals surface area (Å²) in [5, 5.41) is 0. The maximum absolute atomic E-state index is 13.6. The van der Waals surface area contributed by atoms with Crippen LogP contribution in [0.1, 0.15) is 13.8 Å². The Morgan fingerprint density at radius 2 is 1.94 bits per heavy atom. The summed E-state index contributed by atoms with van der Waals surface area (Å²) in [7, 11) is 0. The van der Waals surface area contributed by atoms with Crippen molar-refractivity contribution in [3.05, 3.63) is 24.0 Å². The number of rotatable bonds is 3. The van der Waals surface area contributed by atoms with Crippen LogP contribution in [0.25, 0.3) is 0 Å². The molecular weight excluding hydrogens is 237 g/mol. The van der Waals surface area contributed by atoms with Gasteiger partial charge in [-0.25, -0.2) is 9.38 Å². The molecule has 0 heterocycles. The van der Waals surface area contributed by atoms with Crippen molar-refractivity contribution in [1.29, 1.82) is 0 Å². The average molecular weight is 253 g/mol. The predicted molar refractivity (Wildman–Crippen MR) is 69.3 cm³/mol.